The molecule has 3 N–H and O–H groups in total. The minimum atomic E-state index is 0.258. The molecule has 0 fully saturated rings. The first-order valence-electron chi connectivity index (χ1n) is 4.98. The maximum absolute atomic E-state index is 5.48. The molecule has 0 amide bonds. The Hall–Kier alpha value is -0.680. The van der Waals surface area contributed by atoms with Crippen LogP contribution in [0.1, 0.15) is 32.0 Å². The van der Waals surface area contributed by atoms with Crippen molar-refractivity contribution in [2.24, 2.45) is 12.9 Å². The molecule has 0 bridgehead atoms. The molecule has 1 aromatic rings. The third-order valence-corrected chi connectivity index (χ3v) is 3.43. The summed E-state index contributed by atoms with van der Waals surface area (Å²) in [6.45, 7) is 8.64. The van der Waals surface area contributed by atoms with Crippen LogP contribution in [0.5, 0.6) is 0 Å². The summed E-state index contributed by atoms with van der Waals surface area (Å²) in [5, 5.41) is 4.34. The third kappa shape index (κ3) is 3.14. The van der Waals surface area contributed by atoms with E-state index >= 15 is 0 Å². The number of thioether (sulfide) groups is 1. The summed E-state index contributed by atoms with van der Waals surface area (Å²) in [4.78, 5) is 0. The Morgan fingerprint density at radius 2 is 2.07 bits per heavy atom. The van der Waals surface area contributed by atoms with Gasteiger partial charge in [-0.3, -0.25) is 4.68 Å². The maximum atomic E-state index is 5.48. The first kappa shape index (κ1) is 12.4. The number of aromatic nitrogens is 2. The zero-order valence-corrected chi connectivity index (χ0v) is 10.9. The second-order valence-corrected chi connectivity index (χ2v) is 6.38. The summed E-state index contributed by atoms with van der Waals surface area (Å²) < 4.78 is 2.04. The van der Waals surface area contributed by atoms with Gasteiger partial charge in [-0.2, -0.15) is 16.9 Å². The number of hydrazine groups is 1. The Labute approximate surface area is 95.6 Å². The molecule has 0 unspecified atom stereocenters. The zero-order valence-electron chi connectivity index (χ0n) is 10.1. The molecule has 0 aliphatic carbocycles. The van der Waals surface area contributed by atoms with Crippen molar-refractivity contribution in [3.05, 3.63) is 11.3 Å². The average Bonchev–Trinajstić information content (AvgIpc) is 2.35. The maximum Gasteiger partial charge on any atom is 0.142 e. The van der Waals surface area contributed by atoms with Crippen LogP contribution >= 0.6 is 11.8 Å². The lowest BCUT2D eigenvalue weighted by molar-refractivity contribution is 0.760. The lowest BCUT2D eigenvalue weighted by Crippen LogP contribution is -2.13. The van der Waals surface area contributed by atoms with Crippen molar-refractivity contribution in [2.75, 3.05) is 5.43 Å². The molecule has 0 spiro atoms. The molecule has 1 rings (SSSR count). The van der Waals surface area contributed by atoms with Gasteiger partial charge in [0.05, 0.1) is 5.69 Å². The number of hydrogen-bond acceptors (Lipinski definition) is 4. The molecule has 4 nitrogen and oxygen atoms in total. The van der Waals surface area contributed by atoms with Gasteiger partial charge in [0.15, 0.2) is 0 Å². The molecule has 0 atom stereocenters. The van der Waals surface area contributed by atoms with Crippen LogP contribution in [0.2, 0.25) is 0 Å². The fraction of sp³-hybridized carbons (Fsp3) is 0.700. The molecule has 1 aromatic heterocycles. The van der Waals surface area contributed by atoms with E-state index in [1.807, 2.05) is 25.7 Å². The highest BCUT2D eigenvalue weighted by atomic mass is 32.2. The Morgan fingerprint density at radius 3 is 2.53 bits per heavy atom. The molecule has 0 aliphatic heterocycles. The number of rotatable bonds is 3. The zero-order chi connectivity index (χ0) is 11.6. The number of anilines is 1. The molecule has 0 saturated heterocycles. The van der Waals surface area contributed by atoms with E-state index in [1.54, 1.807) is 4.68 Å². The lowest BCUT2D eigenvalue weighted by Gasteiger charge is -2.17. The smallest absolute Gasteiger partial charge is 0.142 e. The van der Waals surface area contributed by atoms with Gasteiger partial charge >= 0.3 is 0 Å². The van der Waals surface area contributed by atoms with Gasteiger partial charge in [0.25, 0.3) is 0 Å². The molecule has 0 radical (unpaired) electrons. The molecule has 15 heavy (non-hydrogen) atoms. The van der Waals surface area contributed by atoms with Gasteiger partial charge in [-0.05, 0) is 6.92 Å². The quantitative estimate of drug-likeness (QED) is 0.614. The highest BCUT2D eigenvalue weighted by Crippen LogP contribution is 2.31. The van der Waals surface area contributed by atoms with Gasteiger partial charge in [-0.15, -0.1) is 0 Å². The highest BCUT2D eigenvalue weighted by molar-refractivity contribution is 7.99. The van der Waals surface area contributed by atoms with Crippen LogP contribution in [0.15, 0.2) is 0 Å². The van der Waals surface area contributed by atoms with Crippen molar-refractivity contribution in [1.29, 1.82) is 0 Å². The minimum absolute atomic E-state index is 0.258. The normalized spacial score (nSPS) is 11.9. The van der Waals surface area contributed by atoms with E-state index in [9.17, 15) is 0 Å². The lowest BCUT2D eigenvalue weighted by atomic mass is 10.2. The molecule has 0 aliphatic rings. The predicted molar refractivity (Wildman–Crippen MR) is 66.8 cm³/mol. The molecule has 5 heteroatoms. The number of hydrogen-bond donors (Lipinski definition) is 2. The second kappa shape index (κ2) is 4.45. The van der Waals surface area contributed by atoms with Crippen LogP contribution in [-0.2, 0) is 12.8 Å². The Kier molecular flexibility index (Phi) is 3.67. The molecule has 0 aromatic carbocycles. The van der Waals surface area contributed by atoms with Crippen molar-refractivity contribution >= 4 is 17.6 Å². The van der Waals surface area contributed by atoms with E-state index in [2.05, 4.69) is 31.3 Å². The number of nitrogen functional groups attached to an aromatic ring is 1. The van der Waals surface area contributed by atoms with Crippen LogP contribution in [0.25, 0.3) is 0 Å². The SMILES string of the molecule is Cc1nn(C)c(NN)c1CSC(C)(C)C. The molecule has 86 valence electrons. The van der Waals surface area contributed by atoms with E-state index in [0.717, 1.165) is 17.3 Å². The fourth-order valence-electron chi connectivity index (χ4n) is 1.34. The van der Waals surface area contributed by atoms with Crippen molar-refractivity contribution in [1.82, 2.24) is 9.78 Å². The van der Waals surface area contributed by atoms with Gasteiger partial charge < -0.3 is 5.43 Å². The third-order valence-electron chi connectivity index (χ3n) is 2.13. The fourth-order valence-corrected chi connectivity index (χ4v) is 2.27. The Morgan fingerprint density at radius 1 is 1.47 bits per heavy atom. The number of nitrogens with zero attached hydrogens (tertiary/aromatic N) is 2. The monoisotopic (exact) mass is 228 g/mol. The summed E-state index contributed by atoms with van der Waals surface area (Å²) in [7, 11) is 1.90. The van der Waals surface area contributed by atoms with E-state index in [4.69, 9.17) is 5.84 Å². The van der Waals surface area contributed by atoms with Gasteiger partial charge in [0.2, 0.25) is 0 Å². The van der Waals surface area contributed by atoms with Crippen molar-refractivity contribution in [2.45, 2.75) is 38.2 Å². The first-order chi connectivity index (χ1) is 6.85. The van der Waals surface area contributed by atoms with Crippen LogP contribution in [0.3, 0.4) is 0 Å². The summed E-state index contributed by atoms with van der Waals surface area (Å²) in [5.41, 5.74) is 4.95. The van der Waals surface area contributed by atoms with Gasteiger partial charge in [-0.25, -0.2) is 5.84 Å². The van der Waals surface area contributed by atoms with E-state index in [-0.39, 0.29) is 4.75 Å². The van der Waals surface area contributed by atoms with Crippen LogP contribution in [0.4, 0.5) is 5.82 Å². The molecular formula is C10H20N4S. The Balaban J connectivity index is 2.84. The molecule has 1 heterocycles. The van der Waals surface area contributed by atoms with Crippen LogP contribution < -0.4 is 11.3 Å². The van der Waals surface area contributed by atoms with Gasteiger partial charge in [-0.1, -0.05) is 20.8 Å². The highest BCUT2D eigenvalue weighted by Gasteiger charge is 2.16. The average molecular weight is 228 g/mol. The standard InChI is InChI=1S/C10H20N4S/c1-7-8(6-15-10(2,3)4)9(12-11)14(5)13-7/h12H,6,11H2,1-5H3. The van der Waals surface area contributed by atoms with Crippen molar-refractivity contribution in [3.8, 4) is 0 Å². The number of nitrogens with two attached hydrogens (primary N) is 1. The van der Waals surface area contributed by atoms with Crippen LogP contribution in [-0.4, -0.2) is 14.5 Å². The number of aryl methyl sites for hydroxylation is 2. The van der Waals surface area contributed by atoms with E-state index in [0.29, 0.717) is 0 Å². The summed E-state index contributed by atoms with van der Waals surface area (Å²) in [6.07, 6.45) is 0. The second-order valence-electron chi connectivity index (χ2n) is 4.58. The molecule has 0 saturated carbocycles. The van der Waals surface area contributed by atoms with Crippen molar-refractivity contribution < 1.29 is 0 Å². The Bertz CT molecular complexity index is 338. The summed E-state index contributed by atoms with van der Waals surface area (Å²) >= 11 is 1.89. The number of nitrogens with one attached hydrogen (secondary N) is 1. The van der Waals surface area contributed by atoms with E-state index in [1.165, 1.54) is 5.56 Å². The van der Waals surface area contributed by atoms with Gasteiger partial charge in [0.1, 0.15) is 5.82 Å². The first-order valence-corrected chi connectivity index (χ1v) is 5.97. The van der Waals surface area contributed by atoms with Gasteiger partial charge in [0, 0.05) is 23.1 Å². The predicted octanol–water partition coefficient (Wildman–Crippen LogP) is 2.05. The van der Waals surface area contributed by atoms with E-state index < -0.39 is 0 Å². The molecular weight excluding hydrogens is 208 g/mol. The minimum Gasteiger partial charge on any atom is -0.308 e. The summed E-state index contributed by atoms with van der Waals surface area (Å²) in [6, 6.07) is 0. The topological polar surface area (TPSA) is 55.9 Å². The van der Waals surface area contributed by atoms with Crippen molar-refractivity contribution in [3.63, 3.8) is 0 Å². The summed E-state index contributed by atoms with van der Waals surface area (Å²) in [5.74, 6) is 7.32. The van der Waals surface area contributed by atoms with Crippen LogP contribution in [0, 0.1) is 6.92 Å². The largest absolute Gasteiger partial charge is 0.308 e.